The zero-order chi connectivity index (χ0) is 24.3. The average molecular weight is 467 g/mol. The normalized spacial score (nSPS) is 31.8. The second-order valence-electron chi connectivity index (χ2n) is 10.7. The molecule has 2 fully saturated rings. The molecule has 0 bridgehead atoms. The number of nitrogens with one attached hydrogen (secondary N) is 2. The van der Waals surface area contributed by atoms with E-state index >= 15 is 0 Å². The predicted octanol–water partition coefficient (Wildman–Crippen LogP) is 4.08. The van der Waals surface area contributed by atoms with Crippen LogP contribution in [0.4, 0.5) is 0 Å². The number of benzene rings is 1. The molecule has 1 aromatic carbocycles. The van der Waals surface area contributed by atoms with Gasteiger partial charge in [0.1, 0.15) is 5.76 Å². The summed E-state index contributed by atoms with van der Waals surface area (Å²) in [5.74, 6) is 0.467. The Kier molecular flexibility index (Phi) is 7.46. The summed E-state index contributed by atoms with van der Waals surface area (Å²) in [6.07, 6.45) is 5.10. The van der Waals surface area contributed by atoms with Crippen molar-refractivity contribution in [3.05, 3.63) is 60.1 Å². The van der Waals surface area contributed by atoms with Crippen LogP contribution < -0.4 is 10.6 Å². The van der Waals surface area contributed by atoms with Gasteiger partial charge in [-0.1, -0.05) is 51.1 Å². The molecule has 1 heterocycles. The Morgan fingerprint density at radius 1 is 1.15 bits per heavy atom. The maximum Gasteiger partial charge on any atom is 0.224 e. The van der Waals surface area contributed by atoms with Gasteiger partial charge in [0.05, 0.1) is 25.3 Å². The molecule has 3 N–H and O–H groups in total. The summed E-state index contributed by atoms with van der Waals surface area (Å²) in [6, 6.07) is 13.4. The smallest absolute Gasteiger partial charge is 0.224 e. The van der Waals surface area contributed by atoms with Gasteiger partial charge in [-0.25, -0.2) is 0 Å². The maximum absolute atomic E-state index is 12.9. The topological polar surface area (TPSA) is 91.6 Å². The Balaban J connectivity index is 1.39. The van der Waals surface area contributed by atoms with E-state index in [9.17, 15) is 14.7 Å². The Labute approximate surface area is 202 Å². The minimum absolute atomic E-state index is 0.0270. The van der Waals surface area contributed by atoms with Crippen molar-refractivity contribution < 1.29 is 19.1 Å². The first-order valence-corrected chi connectivity index (χ1v) is 12.6. The Hall–Kier alpha value is -2.60. The molecular formula is C28H38N2O4. The lowest BCUT2D eigenvalue weighted by atomic mass is 9.51. The monoisotopic (exact) mass is 466 g/mol. The van der Waals surface area contributed by atoms with Crippen LogP contribution in [0.15, 0.2) is 53.1 Å². The molecule has 0 radical (unpaired) electrons. The largest absolute Gasteiger partial charge is 0.467 e. The molecule has 184 valence electrons. The first-order valence-electron chi connectivity index (χ1n) is 12.6. The molecule has 2 amide bonds. The van der Waals surface area contributed by atoms with Crippen LogP contribution in [0.5, 0.6) is 0 Å². The third-order valence-electron chi connectivity index (χ3n) is 8.51. The van der Waals surface area contributed by atoms with Crippen LogP contribution in [0.3, 0.4) is 0 Å². The third kappa shape index (κ3) is 5.22. The van der Waals surface area contributed by atoms with Crippen LogP contribution in [-0.2, 0) is 22.6 Å². The summed E-state index contributed by atoms with van der Waals surface area (Å²) in [4.78, 5) is 25.6. The third-order valence-corrected chi connectivity index (χ3v) is 8.51. The molecule has 1 aromatic heterocycles. The zero-order valence-corrected chi connectivity index (χ0v) is 20.5. The zero-order valence-electron chi connectivity index (χ0n) is 20.5. The van der Waals surface area contributed by atoms with E-state index in [0.717, 1.165) is 31.2 Å². The molecule has 2 aliphatic rings. The summed E-state index contributed by atoms with van der Waals surface area (Å²) in [7, 11) is 0. The molecule has 0 spiro atoms. The van der Waals surface area contributed by atoms with Gasteiger partial charge >= 0.3 is 0 Å². The van der Waals surface area contributed by atoms with Crippen LogP contribution in [-0.4, -0.2) is 29.1 Å². The molecule has 2 aliphatic carbocycles. The fraction of sp³-hybridized carbons (Fsp3) is 0.571. The van der Waals surface area contributed by atoms with Crippen LogP contribution in [0.1, 0.15) is 57.8 Å². The summed E-state index contributed by atoms with van der Waals surface area (Å²) in [6.45, 7) is 6.70. The van der Waals surface area contributed by atoms with Crippen LogP contribution in [0.25, 0.3) is 0 Å². The second-order valence-corrected chi connectivity index (χ2v) is 10.7. The van der Waals surface area contributed by atoms with Gasteiger partial charge in [0, 0.05) is 12.0 Å². The molecule has 6 nitrogen and oxygen atoms in total. The van der Waals surface area contributed by atoms with Crippen molar-refractivity contribution in [3.63, 3.8) is 0 Å². The molecule has 4 rings (SSSR count). The van der Waals surface area contributed by atoms with Crippen LogP contribution >= 0.6 is 0 Å². The Bertz CT molecular complexity index is 960. The van der Waals surface area contributed by atoms with Gasteiger partial charge in [-0.15, -0.1) is 0 Å². The minimum Gasteiger partial charge on any atom is -0.467 e. The standard InChI is InChI=1S/C28H38N2O4/c1-18(27(33)29-17-21-10-7-15-34-21)22-11-13-28(3)14-12-23(19(2)25(28)26(22)32)30-24(31)16-20-8-5-4-6-9-20/h4-10,15,18-19,22-23,25-26,32H,11-14,16-17H2,1-3H3,(H,29,33)(H,30,31)/t18-,19-,22-,23-,25+,26-,28+/m0/s1. The van der Waals surface area contributed by atoms with Crippen molar-refractivity contribution in [2.75, 3.05) is 0 Å². The van der Waals surface area contributed by atoms with Crippen molar-refractivity contribution in [1.29, 1.82) is 0 Å². The van der Waals surface area contributed by atoms with E-state index in [1.54, 1.807) is 12.3 Å². The summed E-state index contributed by atoms with van der Waals surface area (Å²) in [5, 5.41) is 17.8. The highest BCUT2D eigenvalue weighted by molar-refractivity contribution is 5.79. The minimum atomic E-state index is -0.577. The summed E-state index contributed by atoms with van der Waals surface area (Å²) in [5.41, 5.74) is 1.03. The van der Waals surface area contributed by atoms with Crippen LogP contribution in [0, 0.1) is 29.1 Å². The van der Waals surface area contributed by atoms with Gasteiger partial charge < -0.3 is 20.2 Å². The van der Waals surface area contributed by atoms with Crippen LogP contribution in [0.2, 0.25) is 0 Å². The highest BCUT2D eigenvalue weighted by Crippen LogP contribution is 2.55. The molecular weight excluding hydrogens is 428 g/mol. The van der Waals surface area contributed by atoms with E-state index < -0.39 is 6.10 Å². The number of furan rings is 1. The number of carbonyl (C=O) groups excluding carboxylic acids is 2. The first kappa shape index (κ1) is 24.5. The predicted molar refractivity (Wildman–Crippen MR) is 131 cm³/mol. The molecule has 6 heteroatoms. The molecule has 7 atom stereocenters. The van der Waals surface area contributed by atoms with E-state index in [-0.39, 0.29) is 46.9 Å². The fourth-order valence-electron chi connectivity index (χ4n) is 6.48. The van der Waals surface area contributed by atoms with Gasteiger partial charge in [-0.2, -0.15) is 0 Å². The summed E-state index contributed by atoms with van der Waals surface area (Å²) < 4.78 is 5.31. The Morgan fingerprint density at radius 2 is 1.88 bits per heavy atom. The lowest BCUT2D eigenvalue weighted by Gasteiger charge is -2.56. The van der Waals surface area contributed by atoms with Crippen molar-refractivity contribution in [2.45, 2.75) is 71.6 Å². The molecule has 0 unspecified atom stereocenters. The number of hydrogen-bond donors (Lipinski definition) is 3. The quantitative estimate of drug-likeness (QED) is 0.573. The number of aliphatic hydroxyl groups is 1. The number of aliphatic hydroxyl groups excluding tert-OH is 1. The molecule has 2 aromatic rings. The lowest BCUT2D eigenvalue weighted by Crippen LogP contribution is -2.58. The number of rotatable bonds is 7. The van der Waals surface area contributed by atoms with Gasteiger partial charge in [-0.05, 0) is 66.5 Å². The summed E-state index contributed by atoms with van der Waals surface area (Å²) >= 11 is 0. The number of hydrogen-bond acceptors (Lipinski definition) is 4. The molecule has 2 saturated carbocycles. The highest BCUT2D eigenvalue weighted by Gasteiger charge is 2.53. The van der Waals surface area contributed by atoms with Crippen molar-refractivity contribution in [1.82, 2.24) is 10.6 Å². The van der Waals surface area contributed by atoms with Crippen molar-refractivity contribution in [2.24, 2.45) is 29.1 Å². The van der Waals surface area contributed by atoms with Gasteiger partial charge in [0.25, 0.3) is 0 Å². The van der Waals surface area contributed by atoms with E-state index in [4.69, 9.17) is 4.42 Å². The second kappa shape index (κ2) is 10.3. The first-order chi connectivity index (χ1) is 16.3. The Morgan fingerprint density at radius 3 is 2.59 bits per heavy atom. The van der Waals surface area contributed by atoms with E-state index in [1.165, 1.54) is 0 Å². The number of carbonyl (C=O) groups is 2. The molecule has 0 saturated heterocycles. The lowest BCUT2D eigenvalue weighted by molar-refractivity contribution is -0.143. The highest BCUT2D eigenvalue weighted by atomic mass is 16.3. The number of fused-ring (bicyclic) bond motifs is 1. The maximum atomic E-state index is 12.9. The number of amides is 2. The molecule has 34 heavy (non-hydrogen) atoms. The van der Waals surface area contributed by atoms with Crippen molar-refractivity contribution in [3.8, 4) is 0 Å². The van der Waals surface area contributed by atoms with Gasteiger partial charge in [-0.3, -0.25) is 9.59 Å². The van der Waals surface area contributed by atoms with Gasteiger partial charge in [0.2, 0.25) is 11.8 Å². The molecule has 0 aliphatic heterocycles. The fourth-order valence-corrected chi connectivity index (χ4v) is 6.48. The van der Waals surface area contributed by atoms with Gasteiger partial charge in [0.15, 0.2) is 0 Å². The van der Waals surface area contributed by atoms with E-state index in [2.05, 4.69) is 24.5 Å². The SMILES string of the molecule is C[C@@H]1[C@@H]2[C@@H](O)[C@H]([C@H](C)C(=O)NCc3ccco3)CC[C@]2(C)CC[C@@H]1NC(=O)Cc1ccccc1. The van der Waals surface area contributed by atoms with E-state index in [1.807, 2.05) is 43.3 Å². The average Bonchev–Trinajstić information content (AvgIpc) is 3.33. The van der Waals surface area contributed by atoms with Crippen molar-refractivity contribution >= 4 is 11.8 Å². The van der Waals surface area contributed by atoms with E-state index in [0.29, 0.717) is 18.7 Å².